The first-order valence-electron chi connectivity index (χ1n) is 8.92. The predicted octanol–water partition coefficient (Wildman–Crippen LogP) is 3.18. The number of aromatic nitrogens is 2. The number of methoxy groups -OCH3 is 1. The number of piperazine rings is 1. The lowest BCUT2D eigenvalue weighted by atomic mass is 10.2. The molecule has 1 amide bonds. The third-order valence-electron chi connectivity index (χ3n) is 4.84. The van der Waals surface area contributed by atoms with Crippen LogP contribution in [0.15, 0.2) is 42.5 Å². The number of ether oxygens (including phenoxy) is 1. The molecule has 4 rings (SSSR count). The number of nitrogens with one attached hydrogen (secondary N) is 1. The Balaban J connectivity index is 1.37. The van der Waals surface area contributed by atoms with Crippen LogP contribution in [-0.2, 0) is 6.54 Å². The Morgan fingerprint density at radius 2 is 2.00 bits per heavy atom. The Morgan fingerprint density at radius 1 is 1.19 bits per heavy atom. The van der Waals surface area contributed by atoms with Crippen molar-refractivity contribution in [3.63, 3.8) is 0 Å². The predicted molar refractivity (Wildman–Crippen MR) is 105 cm³/mol. The molecular formula is C20H21ClN4O2. The number of H-pyrrole nitrogens is 1. The summed E-state index contributed by atoms with van der Waals surface area (Å²) < 4.78 is 5.26. The number of aromatic amines is 1. The van der Waals surface area contributed by atoms with Gasteiger partial charge in [-0.3, -0.25) is 9.69 Å². The molecule has 0 unspecified atom stereocenters. The molecule has 27 heavy (non-hydrogen) atoms. The van der Waals surface area contributed by atoms with Crippen molar-refractivity contribution in [1.29, 1.82) is 0 Å². The third-order valence-corrected chi connectivity index (χ3v) is 5.08. The molecule has 6 nitrogen and oxygen atoms in total. The second kappa shape index (κ2) is 7.58. The van der Waals surface area contributed by atoms with Crippen molar-refractivity contribution in [2.75, 3.05) is 33.3 Å². The number of fused-ring (bicyclic) bond motifs is 1. The van der Waals surface area contributed by atoms with Crippen LogP contribution in [-0.4, -0.2) is 59.0 Å². The Hall–Kier alpha value is -2.57. The fourth-order valence-corrected chi connectivity index (χ4v) is 3.56. The minimum absolute atomic E-state index is 0.0352. The molecule has 1 N–H and O–H groups in total. The zero-order valence-corrected chi connectivity index (χ0v) is 15.9. The van der Waals surface area contributed by atoms with E-state index in [2.05, 4.69) is 14.9 Å². The van der Waals surface area contributed by atoms with Gasteiger partial charge in [0.2, 0.25) is 0 Å². The monoisotopic (exact) mass is 384 g/mol. The topological polar surface area (TPSA) is 61.5 Å². The highest BCUT2D eigenvalue weighted by molar-refractivity contribution is 6.30. The molecule has 0 bridgehead atoms. The third kappa shape index (κ3) is 3.91. The number of halogens is 1. The molecular weight excluding hydrogens is 364 g/mol. The van der Waals surface area contributed by atoms with Crippen molar-refractivity contribution in [3.8, 4) is 5.75 Å². The van der Waals surface area contributed by atoms with Crippen LogP contribution >= 0.6 is 11.6 Å². The summed E-state index contributed by atoms with van der Waals surface area (Å²) in [6, 6.07) is 12.9. The van der Waals surface area contributed by atoms with E-state index in [1.54, 1.807) is 19.2 Å². The van der Waals surface area contributed by atoms with Crippen LogP contribution in [0.4, 0.5) is 0 Å². The highest BCUT2D eigenvalue weighted by Crippen LogP contribution is 2.20. The summed E-state index contributed by atoms with van der Waals surface area (Å²) in [5, 5.41) is 0.584. The standard InChI is InChI=1S/C20H21ClN4O2/c1-27-16-5-6-17-18(12-16)23-19(22-17)13-24-7-9-25(10-8-24)20(26)14-3-2-4-15(21)11-14/h2-6,11-12H,7-10,13H2,1H3,(H,22,23). The largest absolute Gasteiger partial charge is 0.497 e. The maximum absolute atomic E-state index is 12.6. The number of hydrogen-bond donors (Lipinski definition) is 1. The van der Waals surface area contributed by atoms with Crippen LogP contribution in [0.2, 0.25) is 5.02 Å². The molecule has 0 saturated carbocycles. The first-order valence-corrected chi connectivity index (χ1v) is 9.30. The van der Waals surface area contributed by atoms with Gasteiger partial charge in [0.05, 0.1) is 24.7 Å². The van der Waals surface area contributed by atoms with E-state index < -0.39 is 0 Å². The summed E-state index contributed by atoms with van der Waals surface area (Å²) >= 11 is 6.00. The normalized spacial score (nSPS) is 15.3. The molecule has 1 aromatic heterocycles. The van der Waals surface area contributed by atoms with Crippen LogP contribution in [0.1, 0.15) is 16.2 Å². The van der Waals surface area contributed by atoms with Crippen LogP contribution < -0.4 is 4.74 Å². The molecule has 0 atom stereocenters. The van der Waals surface area contributed by atoms with Gasteiger partial charge in [-0.25, -0.2) is 4.98 Å². The lowest BCUT2D eigenvalue weighted by molar-refractivity contribution is 0.0626. The summed E-state index contributed by atoms with van der Waals surface area (Å²) in [5.74, 6) is 1.77. The highest BCUT2D eigenvalue weighted by atomic mass is 35.5. The second-order valence-corrected chi connectivity index (χ2v) is 7.08. The van der Waals surface area contributed by atoms with E-state index in [9.17, 15) is 4.79 Å². The smallest absolute Gasteiger partial charge is 0.253 e. The first kappa shape index (κ1) is 17.8. The number of rotatable bonds is 4. The van der Waals surface area contributed by atoms with E-state index >= 15 is 0 Å². The summed E-state index contributed by atoms with van der Waals surface area (Å²) in [5.41, 5.74) is 2.54. The van der Waals surface area contributed by atoms with Gasteiger partial charge in [0.25, 0.3) is 5.91 Å². The van der Waals surface area contributed by atoms with E-state index in [-0.39, 0.29) is 5.91 Å². The minimum Gasteiger partial charge on any atom is -0.497 e. The molecule has 0 aliphatic carbocycles. The maximum Gasteiger partial charge on any atom is 0.253 e. The number of carbonyl (C=O) groups excluding carboxylic acids is 1. The number of amides is 1. The van der Waals surface area contributed by atoms with Gasteiger partial charge in [-0.15, -0.1) is 0 Å². The van der Waals surface area contributed by atoms with E-state index in [4.69, 9.17) is 16.3 Å². The van der Waals surface area contributed by atoms with Gasteiger partial charge in [-0.1, -0.05) is 17.7 Å². The van der Waals surface area contributed by atoms with Gasteiger partial charge < -0.3 is 14.6 Å². The van der Waals surface area contributed by atoms with E-state index in [1.807, 2.05) is 35.2 Å². The number of hydrogen-bond acceptors (Lipinski definition) is 4. The maximum atomic E-state index is 12.6. The number of nitrogens with zero attached hydrogens (tertiary/aromatic N) is 3. The average Bonchev–Trinajstić information content (AvgIpc) is 3.09. The molecule has 2 heterocycles. The molecule has 7 heteroatoms. The van der Waals surface area contributed by atoms with Gasteiger partial charge >= 0.3 is 0 Å². The van der Waals surface area contributed by atoms with E-state index in [0.29, 0.717) is 23.7 Å². The van der Waals surface area contributed by atoms with Crippen molar-refractivity contribution in [1.82, 2.24) is 19.8 Å². The number of imidazole rings is 1. The molecule has 0 radical (unpaired) electrons. The SMILES string of the molecule is COc1ccc2nc(CN3CCN(C(=O)c4cccc(Cl)c4)CC3)[nH]c2c1. The van der Waals surface area contributed by atoms with Gasteiger partial charge in [0.15, 0.2) is 0 Å². The fraction of sp³-hybridized carbons (Fsp3) is 0.300. The first-order chi connectivity index (χ1) is 13.1. The fourth-order valence-electron chi connectivity index (χ4n) is 3.37. The van der Waals surface area contributed by atoms with Crippen molar-refractivity contribution in [2.24, 2.45) is 0 Å². The summed E-state index contributed by atoms with van der Waals surface area (Å²) in [6.07, 6.45) is 0. The zero-order valence-electron chi connectivity index (χ0n) is 15.1. The van der Waals surface area contributed by atoms with Gasteiger partial charge in [0, 0.05) is 42.8 Å². The average molecular weight is 385 g/mol. The van der Waals surface area contributed by atoms with E-state index in [0.717, 1.165) is 42.2 Å². The van der Waals surface area contributed by atoms with Gasteiger partial charge in [0.1, 0.15) is 11.6 Å². The molecule has 0 spiro atoms. The number of carbonyl (C=O) groups is 1. The van der Waals surface area contributed by atoms with Crippen molar-refractivity contribution >= 4 is 28.5 Å². The van der Waals surface area contributed by atoms with Crippen molar-refractivity contribution in [3.05, 3.63) is 58.9 Å². The Labute approximate surface area is 162 Å². The lowest BCUT2D eigenvalue weighted by Gasteiger charge is -2.34. The molecule has 3 aromatic rings. The Kier molecular flexibility index (Phi) is 5.01. The summed E-state index contributed by atoms with van der Waals surface area (Å²) in [6.45, 7) is 3.74. The van der Waals surface area contributed by atoms with Crippen LogP contribution in [0.5, 0.6) is 5.75 Å². The Bertz CT molecular complexity index is 964. The molecule has 1 aliphatic heterocycles. The molecule has 1 saturated heterocycles. The minimum atomic E-state index is 0.0352. The lowest BCUT2D eigenvalue weighted by Crippen LogP contribution is -2.48. The van der Waals surface area contributed by atoms with Crippen molar-refractivity contribution < 1.29 is 9.53 Å². The zero-order chi connectivity index (χ0) is 18.8. The Morgan fingerprint density at radius 3 is 2.74 bits per heavy atom. The summed E-state index contributed by atoms with van der Waals surface area (Å²) in [4.78, 5) is 24.8. The second-order valence-electron chi connectivity index (χ2n) is 6.65. The number of benzene rings is 2. The van der Waals surface area contributed by atoms with Crippen molar-refractivity contribution in [2.45, 2.75) is 6.54 Å². The van der Waals surface area contributed by atoms with Crippen LogP contribution in [0.25, 0.3) is 11.0 Å². The highest BCUT2D eigenvalue weighted by Gasteiger charge is 2.23. The van der Waals surface area contributed by atoms with Gasteiger partial charge in [-0.2, -0.15) is 0 Å². The molecule has 2 aromatic carbocycles. The van der Waals surface area contributed by atoms with E-state index in [1.165, 1.54) is 0 Å². The molecule has 140 valence electrons. The van der Waals surface area contributed by atoms with Crippen LogP contribution in [0, 0.1) is 0 Å². The van der Waals surface area contributed by atoms with Gasteiger partial charge in [-0.05, 0) is 30.3 Å². The summed E-state index contributed by atoms with van der Waals surface area (Å²) in [7, 11) is 1.66. The van der Waals surface area contributed by atoms with Crippen LogP contribution in [0.3, 0.4) is 0 Å². The quantitative estimate of drug-likeness (QED) is 0.750. The molecule has 1 fully saturated rings. The molecule has 1 aliphatic rings.